The minimum Gasteiger partial charge on any atom is -0.367 e. The summed E-state index contributed by atoms with van der Waals surface area (Å²) in [5, 5.41) is 10.3. The molecule has 1 heterocycles. The van der Waals surface area contributed by atoms with Gasteiger partial charge in [-0.25, -0.2) is 0 Å². The van der Waals surface area contributed by atoms with E-state index in [9.17, 15) is 9.90 Å². The maximum Gasteiger partial charge on any atom is 0.227 e. The van der Waals surface area contributed by atoms with E-state index in [4.69, 9.17) is 4.74 Å². The van der Waals surface area contributed by atoms with E-state index in [-0.39, 0.29) is 11.8 Å². The Kier molecular flexibility index (Phi) is 4.40. The molecule has 1 aromatic rings. The van der Waals surface area contributed by atoms with Crippen LogP contribution in [0.4, 0.5) is 5.69 Å². The Bertz CT molecular complexity index is 521. The number of para-hydroxylation sites is 1. The highest BCUT2D eigenvalue weighted by atomic mass is 16.6. The molecule has 1 fully saturated rings. The Hall–Kier alpha value is -1.39. The second kappa shape index (κ2) is 5.78. The van der Waals surface area contributed by atoms with Gasteiger partial charge in [0.25, 0.3) is 0 Å². The number of methoxy groups -OCH3 is 1. The Balaban J connectivity index is 2.43. The molecule has 1 N–H and O–H groups in total. The molecule has 0 aromatic heterocycles. The average molecular weight is 291 g/mol. The van der Waals surface area contributed by atoms with Gasteiger partial charge in [0.2, 0.25) is 5.91 Å². The van der Waals surface area contributed by atoms with E-state index in [0.717, 1.165) is 16.8 Å². The number of benzene rings is 1. The van der Waals surface area contributed by atoms with Crippen molar-refractivity contribution in [1.82, 2.24) is 0 Å². The minimum atomic E-state index is -0.934. The van der Waals surface area contributed by atoms with Crippen LogP contribution in [0.25, 0.3) is 0 Å². The SMILES string of the molecule is COC(O)C1(C(C)C)CC(=O)N(c2c(C)cccc2C)C1. The van der Waals surface area contributed by atoms with Gasteiger partial charge < -0.3 is 14.7 Å². The van der Waals surface area contributed by atoms with Crippen LogP contribution in [0.15, 0.2) is 18.2 Å². The lowest BCUT2D eigenvalue weighted by Crippen LogP contribution is -2.43. The lowest BCUT2D eigenvalue weighted by Gasteiger charge is -2.36. The maximum atomic E-state index is 12.6. The maximum absolute atomic E-state index is 12.6. The van der Waals surface area contributed by atoms with E-state index in [2.05, 4.69) is 0 Å². The van der Waals surface area contributed by atoms with Gasteiger partial charge >= 0.3 is 0 Å². The molecule has 2 rings (SSSR count). The zero-order chi connectivity index (χ0) is 15.8. The van der Waals surface area contributed by atoms with Crippen LogP contribution < -0.4 is 4.90 Å². The van der Waals surface area contributed by atoms with Gasteiger partial charge in [0.1, 0.15) is 0 Å². The van der Waals surface area contributed by atoms with Crippen molar-refractivity contribution in [3.63, 3.8) is 0 Å². The van der Waals surface area contributed by atoms with Crippen LogP contribution in [0.1, 0.15) is 31.4 Å². The lowest BCUT2D eigenvalue weighted by molar-refractivity contribution is -0.168. The molecule has 4 heteroatoms. The van der Waals surface area contributed by atoms with Gasteiger partial charge in [0.15, 0.2) is 6.29 Å². The van der Waals surface area contributed by atoms with Gasteiger partial charge in [0, 0.05) is 25.8 Å². The van der Waals surface area contributed by atoms with Crippen molar-refractivity contribution >= 4 is 11.6 Å². The highest BCUT2D eigenvalue weighted by molar-refractivity contribution is 5.97. The first-order chi connectivity index (χ1) is 9.83. The van der Waals surface area contributed by atoms with Crippen molar-refractivity contribution in [2.75, 3.05) is 18.6 Å². The van der Waals surface area contributed by atoms with Crippen LogP contribution in [0.3, 0.4) is 0 Å². The molecule has 0 radical (unpaired) electrons. The average Bonchev–Trinajstić information content (AvgIpc) is 2.77. The van der Waals surface area contributed by atoms with Gasteiger partial charge in [-0.1, -0.05) is 32.0 Å². The summed E-state index contributed by atoms with van der Waals surface area (Å²) in [6.45, 7) is 8.58. The molecule has 2 unspecified atom stereocenters. The van der Waals surface area contributed by atoms with Crippen LogP contribution >= 0.6 is 0 Å². The van der Waals surface area contributed by atoms with E-state index in [0.29, 0.717) is 13.0 Å². The molecule has 1 aliphatic heterocycles. The molecule has 0 spiro atoms. The number of amides is 1. The molecule has 1 saturated heterocycles. The largest absolute Gasteiger partial charge is 0.367 e. The molecule has 2 atom stereocenters. The second-order valence-corrected chi connectivity index (χ2v) is 6.37. The Morgan fingerprint density at radius 3 is 2.33 bits per heavy atom. The molecule has 0 saturated carbocycles. The molecule has 21 heavy (non-hydrogen) atoms. The normalized spacial score (nSPS) is 24.0. The number of aliphatic hydroxyl groups excluding tert-OH is 1. The quantitative estimate of drug-likeness (QED) is 0.868. The van der Waals surface area contributed by atoms with E-state index < -0.39 is 11.7 Å². The van der Waals surface area contributed by atoms with E-state index in [1.54, 1.807) is 0 Å². The summed E-state index contributed by atoms with van der Waals surface area (Å²) in [5.41, 5.74) is 2.57. The molecule has 116 valence electrons. The summed E-state index contributed by atoms with van der Waals surface area (Å²) in [6.07, 6.45) is -0.622. The van der Waals surface area contributed by atoms with Crippen LogP contribution in [0.2, 0.25) is 0 Å². The predicted octanol–water partition coefficient (Wildman–Crippen LogP) is 2.65. The van der Waals surface area contributed by atoms with E-state index in [1.807, 2.05) is 50.8 Å². The third-order valence-corrected chi connectivity index (χ3v) is 4.81. The van der Waals surface area contributed by atoms with Crippen LogP contribution in [-0.4, -0.2) is 31.0 Å². The van der Waals surface area contributed by atoms with Crippen molar-refractivity contribution in [1.29, 1.82) is 0 Å². The monoisotopic (exact) mass is 291 g/mol. The third kappa shape index (κ3) is 2.58. The standard InChI is InChI=1S/C17H25NO3/c1-11(2)17(16(20)21-5)9-14(19)18(10-17)15-12(3)7-6-8-13(15)4/h6-8,11,16,20H,9-10H2,1-5H3. The Morgan fingerprint density at radius 2 is 1.86 bits per heavy atom. The second-order valence-electron chi connectivity index (χ2n) is 6.37. The number of hydrogen-bond acceptors (Lipinski definition) is 3. The fourth-order valence-corrected chi connectivity index (χ4v) is 3.32. The lowest BCUT2D eigenvalue weighted by atomic mass is 9.75. The summed E-state index contributed by atoms with van der Waals surface area (Å²) in [7, 11) is 1.49. The van der Waals surface area contributed by atoms with Crippen LogP contribution in [-0.2, 0) is 9.53 Å². The van der Waals surface area contributed by atoms with Gasteiger partial charge in [-0.2, -0.15) is 0 Å². The number of hydrogen-bond donors (Lipinski definition) is 1. The molecule has 1 amide bonds. The highest BCUT2D eigenvalue weighted by Gasteiger charge is 2.51. The van der Waals surface area contributed by atoms with Crippen molar-refractivity contribution in [2.24, 2.45) is 11.3 Å². The molecular formula is C17H25NO3. The molecule has 1 aliphatic rings. The van der Waals surface area contributed by atoms with Crippen LogP contribution in [0.5, 0.6) is 0 Å². The molecule has 1 aromatic carbocycles. The molecule has 0 aliphatic carbocycles. The number of nitrogens with zero attached hydrogens (tertiary/aromatic N) is 1. The van der Waals surface area contributed by atoms with Gasteiger partial charge in [-0.15, -0.1) is 0 Å². The van der Waals surface area contributed by atoms with Crippen molar-refractivity contribution in [3.8, 4) is 0 Å². The van der Waals surface area contributed by atoms with Gasteiger partial charge in [-0.05, 0) is 30.9 Å². The first-order valence-corrected chi connectivity index (χ1v) is 7.41. The first-order valence-electron chi connectivity index (χ1n) is 7.41. The zero-order valence-electron chi connectivity index (χ0n) is 13.5. The third-order valence-electron chi connectivity index (χ3n) is 4.81. The van der Waals surface area contributed by atoms with Gasteiger partial charge in [0.05, 0.1) is 5.41 Å². The smallest absolute Gasteiger partial charge is 0.227 e. The highest BCUT2D eigenvalue weighted by Crippen LogP contribution is 2.44. The fourth-order valence-electron chi connectivity index (χ4n) is 3.32. The number of carbonyl (C=O) groups is 1. The Morgan fingerprint density at radius 1 is 1.29 bits per heavy atom. The number of anilines is 1. The van der Waals surface area contributed by atoms with E-state index >= 15 is 0 Å². The summed E-state index contributed by atoms with van der Waals surface area (Å²) in [6, 6.07) is 6.02. The summed E-state index contributed by atoms with van der Waals surface area (Å²) >= 11 is 0. The molecular weight excluding hydrogens is 266 g/mol. The van der Waals surface area contributed by atoms with Crippen molar-refractivity contribution in [3.05, 3.63) is 29.3 Å². The van der Waals surface area contributed by atoms with Crippen molar-refractivity contribution < 1.29 is 14.6 Å². The minimum absolute atomic E-state index is 0.0530. The summed E-state index contributed by atoms with van der Waals surface area (Å²) in [4.78, 5) is 14.4. The predicted molar refractivity (Wildman–Crippen MR) is 83.2 cm³/mol. The Labute approximate surface area is 126 Å². The summed E-state index contributed by atoms with van der Waals surface area (Å²) in [5.74, 6) is 0.197. The molecule has 4 nitrogen and oxygen atoms in total. The van der Waals surface area contributed by atoms with Crippen molar-refractivity contribution in [2.45, 2.75) is 40.4 Å². The zero-order valence-corrected chi connectivity index (χ0v) is 13.5. The number of aliphatic hydroxyl groups is 1. The number of carbonyl (C=O) groups excluding carboxylic acids is 1. The number of rotatable bonds is 4. The van der Waals surface area contributed by atoms with Crippen LogP contribution in [0, 0.1) is 25.2 Å². The van der Waals surface area contributed by atoms with Gasteiger partial charge in [-0.3, -0.25) is 4.79 Å². The number of ether oxygens (including phenoxy) is 1. The number of aryl methyl sites for hydroxylation is 2. The topological polar surface area (TPSA) is 49.8 Å². The van der Waals surface area contributed by atoms with E-state index in [1.165, 1.54) is 7.11 Å². The molecule has 0 bridgehead atoms. The summed E-state index contributed by atoms with van der Waals surface area (Å²) < 4.78 is 5.17. The first kappa shape index (κ1) is 16.0. The fraction of sp³-hybridized carbons (Fsp3) is 0.588.